The van der Waals surface area contributed by atoms with Crippen LogP contribution < -0.4 is 0 Å². The highest BCUT2D eigenvalue weighted by atomic mass is 15.3. The highest BCUT2D eigenvalue weighted by Gasteiger charge is 2.08. The molecule has 4 rings (SSSR count). The van der Waals surface area contributed by atoms with Crippen LogP contribution in [0, 0.1) is 27.7 Å². The van der Waals surface area contributed by atoms with Gasteiger partial charge in [-0.15, -0.1) is 0 Å². The molecule has 142 valence electrons. The summed E-state index contributed by atoms with van der Waals surface area (Å²) in [7, 11) is 0. The van der Waals surface area contributed by atoms with E-state index in [1.165, 1.54) is 0 Å². The fraction of sp³-hybridized carbons (Fsp3) is 0.273. The average molecular weight is 372 g/mol. The molecule has 0 radical (unpaired) electrons. The quantitative estimate of drug-likeness (QED) is 0.534. The summed E-state index contributed by atoms with van der Waals surface area (Å²) in [5, 5.41) is 9.06. The van der Waals surface area contributed by atoms with Gasteiger partial charge < -0.3 is 0 Å². The van der Waals surface area contributed by atoms with E-state index < -0.39 is 0 Å². The minimum atomic E-state index is 0.652. The van der Waals surface area contributed by atoms with Crippen molar-refractivity contribution in [3.8, 4) is 11.4 Å². The second-order valence-electron chi connectivity index (χ2n) is 7.20. The van der Waals surface area contributed by atoms with Gasteiger partial charge in [-0.05, 0) is 64.1 Å². The topological polar surface area (TPSA) is 61.4 Å². The van der Waals surface area contributed by atoms with Crippen LogP contribution in [0.15, 0.2) is 48.5 Å². The van der Waals surface area contributed by atoms with Crippen molar-refractivity contribution in [1.29, 1.82) is 0 Å². The van der Waals surface area contributed by atoms with Crippen molar-refractivity contribution >= 4 is 0 Å². The predicted octanol–water partition coefficient (Wildman–Crippen LogP) is 3.87. The van der Waals surface area contributed by atoms with Gasteiger partial charge in [0.1, 0.15) is 0 Å². The van der Waals surface area contributed by atoms with Crippen LogP contribution in [0.2, 0.25) is 0 Å². The molecule has 0 spiro atoms. The van der Waals surface area contributed by atoms with Gasteiger partial charge in [0.2, 0.25) is 0 Å². The Hall–Kier alpha value is -3.28. The largest absolute Gasteiger partial charge is 0.264 e. The van der Waals surface area contributed by atoms with Gasteiger partial charge in [-0.1, -0.05) is 12.1 Å². The van der Waals surface area contributed by atoms with Crippen molar-refractivity contribution < 1.29 is 0 Å². The van der Waals surface area contributed by atoms with Gasteiger partial charge in [0.15, 0.2) is 0 Å². The van der Waals surface area contributed by atoms with Crippen molar-refractivity contribution in [2.45, 2.75) is 40.8 Å². The first kappa shape index (κ1) is 18.1. The summed E-state index contributed by atoms with van der Waals surface area (Å²) >= 11 is 0. The Bertz CT molecular complexity index is 1030. The van der Waals surface area contributed by atoms with Crippen LogP contribution >= 0.6 is 0 Å². The molecule has 0 bridgehead atoms. The molecule has 0 aliphatic rings. The van der Waals surface area contributed by atoms with Gasteiger partial charge in [0.25, 0.3) is 0 Å². The van der Waals surface area contributed by atoms with Gasteiger partial charge in [0.05, 0.1) is 47.3 Å². The second kappa shape index (κ2) is 7.38. The Balaban J connectivity index is 1.59. The molecule has 4 aromatic rings. The molecule has 0 saturated heterocycles. The number of pyridine rings is 2. The lowest BCUT2D eigenvalue weighted by atomic mass is 10.2. The Morgan fingerprint density at radius 3 is 1.43 bits per heavy atom. The van der Waals surface area contributed by atoms with E-state index in [1.807, 2.05) is 59.6 Å². The molecule has 0 atom stereocenters. The zero-order chi connectivity index (χ0) is 19.7. The van der Waals surface area contributed by atoms with E-state index in [0.29, 0.717) is 13.1 Å². The van der Waals surface area contributed by atoms with Crippen LogP contribution in [0.5, 0.6) is 0 Å². The molecule has 4 heterocycles. The summed E-state index contributed by atoms with van der Waals surface area (Å²) in [4.78, 5) is 9.63. The molecule has 0 amide bonds. The zero-order valence-corrected chi connectivity index (χ0v) is 16.7. The standard InChI is InChI=1S/C22H24N6/c1-15-11-17(3)27(25-15)13-19-7-5-9-21(23-19)22-10-6-8-20(24-22)14-28-18(4)12-16(2)26-28/h5-12H,13-14H2,1-4H3. The second-order valence-corrected chi connectivity index (χ2v) is 7.20. The van der Waals surface area contributed by atoms with Gasteiger partial charge >= 0.3 is 0 Å². The van der Waals surface area contributed by atoms with E-state index in [0.717, 1.165) is 45.6 Å². The van der Waals surface area contributed by atoms with E-state index >= 15 is 0 Å². The number of nitrogens with zero attached hydrogens (tertiary/aromatic N) is 6. The summed E-state index contributed by atoms with van der Waals surface area (Å²) in [6.07, 6.45) is 0. The lowest BCUT2D eigenvalue weighted by molar-refractivity contribution is 0.645. The number of aryl methyl sites for hydroxylation is 4. The van der Waals surface area contributed by atoms with Crippen LogP contribution in [0.1, 0.15) is 34.2 Å². The number of hydrogen-bond donors (Lipinski definition) is 0. The number of rotatable bonds is 5. The Labute approximate surface area is 164 Å². The first-order valence-electron chi connectivity index (χ1n) is 9.42. The highest BCUT2D eigenvalue weighted by Crippen LogP contribution is 2.17. The van der Waals surface area contributed by atoms with Crippen LogP contribution in [-0.2, 0) is 13.1 Å². The van der Waals surface area contributed by atoms with Crippen molar-refractivity contribution in [1.82, 2.24) is 29.5 Å². The summed E-state index contributed by atoms with van der Waals surface area (Å²) in [6, 6.07) is 16.3. The van der Waals surface area contributed by atoms with E-state index in [-0.39, 0.29) is 0 Å². The van der Waals surface area contributed by atoms with Crippen molar-refractivity contribution in [2.24, 2.45) is 0 Å². The molecule has 0 aliphatic carbocycles. The van der Waals surface area contributed by atoms with E-state index in [9.17, 15) is 0 Å². The van der Waals surface area contributed by atoms with Crippen molar-refractivity contribution in [2.75, 3.05) is 0 Å². The molecular weight excluding hydrogens is 348 g/mol. The minimum absolute atomic E-state index is 0.652. The third-order valence-corrected chi connectivity index (χ3v) is 4.71. The average Bonchev–Trinajstić information content (AvgIpc) is 3.15. The molecule has 0 fully saturated rings. The molecule has 0 saturated carbocycles. The van der Waals surface area contributed by atoms with Gasteiger partial charge in [-0.2, -0.15) is 10.2 Å². The number of hydrogen-bond acceptors (Lipinski definition) is 4. The molecule has 6 nitrogen and oxygen atoms in total. The zero-order valence-electron chi connectivity index (χ0n) is 16.7. The maximum atomic E-state index is 4.81. The summed E-state index contributed by atoms with van der Waals surface area (Å²) in [5.74, 6) is 0. The first-order chi connectivity index (χ1) is 13.5. The van der Waals surface area contributed by atoms with Crippen LogP contribution in [-0.4, -0.2) is 29.5 Å². The maximum Gasteiger partial charge on any atom is 0.0890 e. The lowest BCUT2D eigenvalue weighted by Gasteiger charge is -2.08. The molecule has 0 unspecified atom stereocenters. The Morgan fingerprint density at radius 1 is 0.643 bits per heavy atom. The molecule has 4 aromatic heterocycles. The first-order valence-corrected chi connectivity index (χ1v) is 9.42. The van der Waals surface area contributed by atoms with E-state index in [4.69, 9.17) is 9.97 Å². The fourth-order valence-electron chi connectivity index (χ4n) is 3.40. The molecular formula is C22H24N6. The van der Waals surface area contributed by atoms with Gasteiger partial charge in [-0.3, -0.25) is 9.36 Å². The monoisotopic (exact) mass is 372 g/mol. The maximum absolute atomic E-state index is 4.81. The third-order valence-electron chi connectivity index (χ3n) is 4.71. The SMILES string of the molecule is Cc1cc(C)n(Cc2cccc(-c3cccc(Cn4nc(C)cc4C)n3)n2)n1. The molecule has 0 aliphatic heterocycles. The lowest BCUT2D eigenvalue weighted by Crippen LogP contribution is -2.07. The molecule has 0 N–H and O–H groups in total. The third kappa shape index (κ3) is 3.86. The number of aromatic nitrogens is 6. The summed E-state index contributed by atoms with van der Waals surface area (Å²) in [6.45, 7) is 9.44. The smallest absolute Gasteiger partial charge is 0.0890 e. The fourth-order valence-corrected chi connectivity index (χ4v) is 3.40. The van der Waals surface area contributed by atoms with Crippen LogP contribution in [0.4, 0.5) is 0 Å². The van der Waals surface area contributed by atoms with E-state index in [1.54, 1.807) is 0 Å². The molecule has 0 aromatic carbocycles. The summed E-state index contributed by atoms with van der Waals surface area (Å²) in [5.41, 5.74) is 7.98. The van der Waals surface area contributed by atoms with Crippen molar-refractivity contribution in [3.63, 3.8) is 0 Å². The Morgan fingerprint density at radius 2 is 1.07 bits per heavy atom. The predicted molar refractivity (Wildman–Crippen MR) is 109 cm³/mol. The highest BCUT2D eigenvalue weighted by molar-refractivity contribution is 5.54. The normalized spacial score (nSPS) is 11.1. The summed E-state index contributed by atoms with van der Waals surface area (Å²) < 4.78 is 3.96. The van der Waals surface area contributed by atoms with Gasteiger partial charge in [0, 0.05) is 11.4 Å². The van der Waals surface area contributed by atoms with Crippen LogP contribution in [0.25, 0.3) is 11.4 Å². The Kier molecular flexibility index (Phi) is 4.77. The minimum Gasteiger partial charge on any atom is -0.264 e. The van der Waals surface area contributed by atoms with E-state index in [2.05, 4.69) is 36.2 Å². The van der Waals surface area contributed by atoms with Crippen molar-refractivity contribution in [3.05, 3.63) is 82.7 Å². The van der Waals surface area contributed by atoms with Crippen LogP contribution in [0.3, 0.4) is 0 Å². The molecule has 28 heavy (non-hydrogen) atoms. The van der Waals surface area contributed by atoms with Gasteiger partial charge in [-0.25, -0.2) is 9.97 Å². The molecule has 6 heteroatoms.